The van der Waals surface area contributed by atoms with Crippen LogP contribution in [0.3, 0.4) is 0 Å². The van der Waals surface area contributed by atoms with Gasteiger partial charge in [0.2, 0.25) is 5.91 Å². The summed E-state index contributed by atoms with van der Waals surface area (Å²) in [6.07, 6.45) is 5.92. The van der Waals surface area contributed by atoms with Gasteiger partial charge in [0.15, 0.2) is 0 Å². The highest BCUT2D eigenvalue weighted by Crippen LogP contribution is 2.24. The average molecular weight is 282 g/mol. The van der Waals surface area contributed by atoms with Crippen LogP contribution in [-0.4, -0.2) is 33.8 Å². The maximum atomic E-state index is 11.8. The summed E-state index contributed by atoms with van der Waals surface area (Å²) >= 11 is 0. The third-order valence-electron chi connectivity index (χ3n) is 3.39. The Morgan fingerprint density at radius 1 is 1.60 bits per heavy atom. The van der Waals surface area contributed by atoms with Gasteiger partial charge in [-0.05, 0) is 12.8 Å². The molecule has 0 aromatic carbocycles. The lowest BCUT2D eigenvalue weighted by Crippen LogP contribution is -2.33. The highest BCUT2D eigenvalue weighted by atomic mass is 16.6. The van der Waals surface area contributed by atoms with E-state index < -0.39 is 4.92 Å². The van der Waals surface area contributed by atoms with E-state index in [0.717, 1.165) is 25.7 Å². The van der Waals surface area contributed by atoms with Crippen molar-refractivity contribution in [1.29, 1.82) is 0 Å². The molecule has 0 unspecified atom stereocenters. The Hall–Kier alpha value is -2.12. The predicted molar refractivity (Wildman–Crippen MR) is 70.4 cm³/mol. The van der Waals surface area contributed by atoms with Crippen molar-refractivity contribution in [2.24, 2.45) is 0 Å². The first-order valence-electron chi connectivity index (χ1n) is 6.65. The minimum Gasteiger partial charge on any atom is -0.475 e. The Morgan fingerprint density at radius 3 is 2.85 bits per heavy atom. The molecule has 8 heteroatoms. The van der Waals surface area contributed by atoms with Gasteiger partial charge in [-0.1, -0.05) is 12.8 Å². The molecule has 0 radical (unpaired) electrons. The molecule has 0 atom stereocenters. The number of hydrogen-bond acceptors (Lipinski definition) is 5. The number of carbonyl (C=O) groups is 1. The molecule has 1 fully saturated rings. The molecule has 0 saturated heterocycles. The van der Waals surface area contributed by atoms with Gasteiger partial charge in [-0.15, -0.1) is 5.10 Å². The normalized spacial score (nSPS) is 15.2. The van der Waals surface area contributed by atoms with Gasteiger partial charge in [-0.25, -0.2) is 0 Å². The van der Waals surface area contributed by atoms with Gasteiger partial charge in [0.05, 0.1) is 18.6 Å². The molecule has 0 bridgehead atoms. The summed E-state index contributed by atoms with van der Waals surface area (Å²) in [6, 6.07) is 0.281. The van der Waals surface area contributed by atoms with E-state index in [1.165, 1.54) is 18.0 Å². The molecule has 1 aliphatic rings. The van der Waals surface area contributed by atoms with Crippen molar-refractivity contribution in [3.05, 3.63) is 16.3 Å². The zero-order valence-electron chi connectivity index (χ0n) is 11.4. The van der Waals surface area contributed by atoms with Crippen LogP contribution in [-0.2, 0) is 11.3 Å². The molecule has 2 rings (SSSR count). The Kier molecular flexibility index (Phi) is 4.54. The lowest BCUT2D eigenvalue weighted by molar-refractivity contribution is -0.385. The fourth-order valence-corrected chi connectivity index (χ4v) is 2.36. The van der Waals surface area contributed by atoms with E-state index in [0.29, 0.717) is 6.54 Å². The Bertz CT molecular complexity index is 494. The van der Waals surface area contributed by atoms with E-state index in [1.807, 2.05) is 0 Å². The average Bonchev–Trinajstić information content (AvgIpc) is 3.04. The van der Waals surface area contributed by atoms with Crippen LogP contribution in [0.15, 0.2) is 6.20 Å². The molecular weight excluding hydrogens is 264 g/mol. The van der Waals surface area contributed by atoms with Crippen LogP contribution in [0.4, 0.5) is 5.69 Å². The van der Waals surface area contributed by atoms with Crippen LogP contribution < -0.4 is 10.1 Å². The fraction of sp³-hybridized carbons (Fsp3) is 0.667. The third kappa shape index (κ3) is 3.46. The van der Waals surface area contributed by atoms with Gasteiger partial charge < -0.3 is 10.1 Å². The molecule has 1 N–H and O–H groups in total. The first-order chi connectivity index (χ1) is 9.60. The number of nitro groups is 1. The van der Waals surface area contributed by atoms with E-state index in [4.69, 9.17) is 4.74 Å². The van der Waals surface area contributed by atoms with Gasteiger partial charge in [-0.2, -0.15) is 0 Å². The standard InChI is InChI=1S/C12H18N4O4/c1-20-12-10(16(18)19)8-15(14-12)7-6-11(17)13-9-4-2-3-5-9/h8-9H,2-7H2,1H3,(H,13,17). The molecule has 0 aliphatic heterocycles. The zero-order valence-corrected chi connectivity index (χ0v) is 11.4. The van der Waals surface area contributed by atoms with E-state index in [1.54, 1.807) is 0 Å². The quantitative estimate of drug-likeness (QED) is 0.625. The summed E-state index contributed by atoms with van der Waals surface area (Å²) in [5.74, 6) is -0.0831. The van der Waals surface area contributed by atoms with Crippen molar-refractivity contribution in [3.8, 4) is 5.88 Å². The monoisotopic (exact) mass is 282 g/mol. The van der Waals surface area contributed by atoms with Crippen LogP contribution in [0.1, 0.15) is 32.1 Å². The van der Waals surface area contributed by atoms with Crippen molar-refractivity contribution in [3.63, 3.8) is 0 Å². The highest BCUT2D eigenvalue weighted by molar-refractivity contribution is 5.76. The second kappa shape index (κ2) is 6.36. The number of nitrogens with zero attached hydrogens (tertiary/aromatic N) is 3. The van der Waals surface area contributed by atoms with Crippen LogP contribution in [0.2, 0.25) is 0 Å². The smallest absolute Gasteiger partial charge is 0.350 e. The summed E-state index contributed by atoms with van der Waals surface area (Å²) in [7, 11) is 1.33. The van der Waals surface area contributed by atoms with Crippen molar-refractivity contribution in [2.45, 2.75) is 44.7 Å². The number of amides is 1. The summed E-state index contributed by atoms with van der Waals surface area (Å²) in [4.78, 5) is 22.0. The molecule has 1 aromatic heterocycles. The van der Waals surface area contributed by atoms with Gasteiger partial charge >= 0.3 is 11.6 Å². The molecule has 1 amide bonds. The predicted octanol–water partition coefficient (Wildman–Crippen LogP) is 1.25. The number of aromatic nitrogens is 2. The van der Waals surface area contributed by atoms with Gasteiger partial charge in [0.1, 0.15) is 6.20 Å². The van der Waals surface area contributed by atoms with E-state index in [-0.39, 0.29) is 29.9 Å². The maximum Gasteiger partial charge on any atom is 0.350 e. The first-order valence-corrected chi connectivity index (χ1v) is 6.65. The van der Waals surface area contributed by atoms with Crippen molar-refractivity contribution >= 4 is 11.6 Å². The summed E-state index contributed by atoms with van der Waals surface area (Å²) < 4.78 is 6.19. The van der Waals surface area contributed by atoms with Crippen molar-refractivity contribution in [1.82, 2.24) is 15.1 Å². The second-order valence-corrected chi connectivity index (χ2v) is 4.84. The summed E-state index contributed by atoms with van der Waals surface area (Å²) in [5, 5.41) is 17.6. The lowest BCUT2D eigenvalue weighted by Gasteiger charge is -2.11. The van der Waals surface area contributed by atoms with E-state index in [2.05, 4.69) is 10.4 Å². The lowest BCUT2D eigenvalue weighted by atomic mass is 10.2. The molecule has 1 saturated carbocycles. The maximum absolute atomic E-state index is 11.8. The Labute approximate surface area is 116 Å². The molecule has 1 aromatic rings. The Balaban J connectivity index is 1.86. The Morgan fingerprint density at radius 2 is 2.30 bits per heavy atom. The molecule has 0 spiro atoms. The van der Waals surface area contributed by atoms with Crippen LogP contribution >= 0.6 is 0 Å². The third-order valence-corrected chi connectivity index (χ3v) is 3.39. The fourth-order valence-electron chi connectivity index (χ4n) is 2.36. The second-order valence-electron chi connectivity index (χ2n) is 4.84. The number of ether oxygens (including phenoxy) is 1. The minimum absolute atomic E-state index is 0.0359. The van der Waals surface area contributed by atoms with Crippen molar-refractivity contribution in [2.75, 3.05) is 7.11 Å². The minimum atomic E-state index is -0.555. The summed E-state index contributed by atoms with van der Waals surface area (Å²) in [5.41, 5.74) is -0.191. The molecule has 110 valence electrons. The van der Waals surface area contributed by atoms with Crippen LogP contribution in [0, 0.1) is 10.1 Å². The summed E-state index contributed by atoms with van der Waals surface area (Å²) in [6.45, 7) is 0.294. The SMILES string of the molecule is COc1nn(CCC(=O)NC2CCCC2)cc1[N+](=O)[O-]. The van der Waals surface area contributed by atoms with Crippen molar-refractivity contribution < 1.29 is 14.5 Å². The molecular formula is C12H18N4O4. The van der Waals surface area contributed by atoms with Crippen LogP contribution in [0.25, 0.3) is 0 Å². The van der Waals surface area contributed by atoms with Gasteiger partial charge in [0, 0.05) is 12.5 Å². The molecule has 20 heavy (non-hydrogen) atoms. The number of aryl methyl sites for hydroxylation is 1. The molecule has 1 aliphatic carbocycles. The van der Waals surface area contributed by atoms with Gasteiger partial charge in [0.25, 0.3) is 0 Å². The molecule has 1 heterocycles. The largest absolute Gasteiger partial charge is 0.475 e. The first kappa shape index (κ1) is 14.3. The number of rotatable bonds is 6. The highest BCUT2D eigenvalue weighted by Gasteiger charge is 2.21. The van der Waals surface area contributed by atoms with E-state index >= 15 is 0 Å². The zero-order chi connectivity index (χ0) is 14.5. The molecule has 8 nitrogen and oxygen atoms in total. The number of nitrogens with one attached hydrogen (secondary N) is 1. The number of methoxy groups -OCH3 is 1. The van der Waals surface area contributed by atoms with Gasteiger partial charge in [-0.3, -0.25) is 19.6 Å². The number of hydrogen-bond donors (Lipinski definition) is 1. The topological polar surface area (TPSA) is 99.3 Å². The van der Waals surface area contributed by atoms with E-state index in [9.17, 15) is 14.9 Å². The number of carbonyl (C=O) groups excluding carboxylic acids is 1. The van der Waals surface area contributed by atoms with Crippen LogP contribution in [0.5, 0.6) is 5.88 Å².